The number of rotatable bonds is 5. The van der Waals surface area contributed by atoms with Crippen LogP contribution < -0.4 is 5.73 Å². The van der Waals surface area contributed by atoms with Crippen LogP contribution in [0.3, 0.4) is 0 Å². The van der Waals surface area contributed by atoms with Gasteiger partial charge in [0.05, 0.1) is 11.7 Å². The number of benzene rings is 1. The lowest BCUT2D eigenvalue weighted by atomic mass is 9.43. The second kappa shape index (κ2) is 6.94. The van der Waals surface area contributed by atoms with Gasteiger partial charge in [-0.3, -0.25) is 4.79 Å². The average Bonchev–Trinajstić information content (AvgIpc) is 2.97. The second-order valence-electron chi connectivity index (χ2n) is 8.83. The van der Waals surface area contributed by atoms with Gasteiger partial charge in [-0.15, -0.1) is 12.4 Å². The van der Waals surface area contributed by atoms with E-state index >= 15 is 0 Å². The minimum absolute atomic E-state index is 0. The molecule has 4 nitrogen and oxygen atoms in total. The van der Waals surface area contributed by atoms with E-state index in [0.29, 0.717) is 24.2 Å². The minimum atomic E-state index is -0.395. The number of hydrogen-bond acceptors (Lipinski definition) is 4. The molecular formula is C20H29BClNO3. The predicted molar refractivity (Wildman–Crippen MR) is 105 cm³/mol. The molecule has 1 unspecified atom stereocenters. The maximum Gasteiger partial charge on any atom is 0.475 e. The van der Waals surface area contributed by atoms with Crippen LogP contribution in [0.25, 0.3) is 0 Å². The van der Waals surface area contributed by atoms with Crippen molar-refractivity contribution in [3.63, 3.8) is 0 Å². The summed E-state index contributed by atoms with van der Waals surface area (Å²) in [6, 6.07) is 9.38. The quantitative estimate of drug-likeness (QED) is 0.628. The van der Waals surface area contributed by atoms with Crippen molar-refractivity contribution in [3.8, 4) is 0 Å². The number of carbonyl (C=O) groups is 1. The lowest BCUT2D eigenvalue weighted by Gasteiger charge is -2.64. The first-order valence-corrected chi connectivity index (χ1v) is 9.49. The van der Waals surface area contributed by atoms with Crippen molar-refractivity contribution in [3.05, 3.63) is 35.9 Å². The predicted octanol–water partition coefficient (Wildman–Crippen LogP) is 3.67. The number of hydrogen-bond donors (Lipinski definition) is 1. The fraction of sp³-hybridized carbons (Fsp3) is 0.650. The highest BCUT2D eigenvalue weighted by molar-refractivity contribution is 6.47. The molecule has 6 heteroatoms. The normalized spacial score (nSPS) is 35.1. The Bertz CT molecular complexity index is 670. The summed E-state index contributed by atoms with van der Waals surface area (Å²) < 4.78 is 12.6. The maximum atomic E-state index is 12.3. The van der Waals surface area contributed by atoms with Gasteiger partial charge < -0.3 is 15.0 Å². The van der Waals surface area contributed by atoms with Crippen molar-refractivity contribution in [2.24, 2.45) is 23.0 Å². The molecule has 0 radical (unpaired) electrons. The Morgan fingerprint density at radius 3 is 2.62 bits per heavy atom. The van der Waals surface area contributed by atoms with E-state index in [0.717, 1.165) is 17.9 Å². The van der Waals surface area contributed by atoms with E-state index in [1.54, 1.807) is 0 Å². The highest BCUT2D eigenvalue weighted by Crippen LogP contribution is 2.65. The molecule has 0 aromatic heterocycles. The monoisotopic (exact) mass is 377 g/mol. The van der Waals surface area contributed by atoms with Gasteiger partial charge in [0.2, 0.25) is 0 Å². The molecule has 5 atom stereocenters. The van der Waals surface area contributed by atoms with Crippen molar-refractivity contribution in [2.75, 3.05) is 0 Å². The van der Waals surface area contributed by atoms with Crippen LogP contribution in [0.5, 0.6) is 0 Å². The molecule has 1 saturated heterocycles. The van der Waals surface area contributed by atoms with E-state index in [4.69, 9.17) is 15.0 Å². The summed E-state index contributed by atoms with van der Waals surface area (Å²) in [4.78, 5) is 12.3. The molecule has 3 aliphatic carbocycles. The largest absolute Gasteiger partial charge is 0.475 e. The lowest BCUT2D eigenvalue weighted by Crippen LogP contribution is -2.65. The van der Waals surface area contributed by atoms with Gasteiger partial charge in [0.25, 0.3) is 0 Å². The fourth-order valence-electron chi connectivity index (χ4n) is 5.28. The van der Waals surface area contributed by atoms with Gasteiger partial charge in [-0.25, -0.2) is 0 Å². The Morgan fingerprint density at radius 1 is 1.27 bits per heavy atom. The van der Waals surface area contributed by atoms with Gasteiger partial charge in [-0.1, -0.05) is 44.2 Å². The standard InChI is InChI=1S/C20H28BNO3.ClH/c1-19(2)14-11-16(19)20(3)17(12-14)24-21(25-20)18(22)10-9-15(23)13-7-5-4-6-8-13;/h4-8,14,16-18H,9-12,22H2,1-3H3;1H/t14-,16-,17+,18?,20-;/m0./s1. The molecule has 1 heterocycles. The fourth-order valence-corrected chi connectivity index (χ4v) is 5.28. The average molecular weight is 378 g/mol. The molecule has 4 fully saturated rings. The van der Waals surface area contributed by atoms with Gasteiger partial charge in [-0.2, -0.15) is 0 Å². The van der Waals surface area contributed by atoms with Crippen LogP contribution in [0.4, 0.5) is 0 Å². The molecular weight excluding hydrogens is 348 g/mol. The molecule has 5 rings (SSSR count). The lowest BCUT2D eigenvalue weighted by molar-refractivity contribution is -0.199. The molecule has 1 aliphatic heterocycles. The summed E-state index contributed by atoms with van der Waals surface area (Å²) in [6.07, 6.45) is 3.45. The van der Waals surface area contributed by atoms with Gasteiger partial charge >= 0.3 is 7.12 Å². The molecule has 26 heavy (non-hydrogen) atoms. The Morgan fingerprint density at radius 2 is 1.96 bits per heavy atom. The smallest absolute Gasteiger partial charge is 0.404 e. The summed E-state index contributed by atoms with van der Waals surface area (Å²) >= 11 is 0. The molecule has 4 aliphatic rings. The summed E-state index contributed by atoms with van der Waals surface area (Å²) in [5, 5.41) is 0. The molecule has 2 bridgehead atoms. The summed E-state index contributed by atoms with van der Waals surface area (Å²) in [6.45, 7) is 6.90. The number of Topliss-reactive ketones (excluding diaryl/α,β-unsaturated/α-hetero) is 1. The van der Waals surface area contributed by atoms with E-state index in [2.05, 4.69) is 20.8 Å². The zero-order valence-corrected chi connectivity index (χ0v) is 16.6. The number of ketones is 1. The number of halogens is 1. The molecule has 1 aromatic carbocycles. The Balaban J connectivity index is 0.00000196. The van der Waals surface area contributed by atoms with Crippen molar-refractivity contribution in [2.45, 2.75) is 64.1 Å². The van der Waals surface area contributed by atoms with E-state index in [1.807, 2.05) is 30.3 Å². The van der Waals surface area contributed by atoms with Crippen molar-refractivity contribution < 1.29 is 14.1 Å². The van der Waals surface area contributed by atoms with Crippen LogP contribution in [0.2, 0.25) is 0 Å². The van der Waals surface area contributed by atoms with E-state index in [-0.39, 0.29) is 35.8 Å². The van der Waals surface area contributed by atoms with Crippen LogP contribution in [-0.2, 0) is 9.31 Å². The molecule has 3 saturated carbocycles. The van der Waals surface area contributed by atoms with Crippen molar-refractivity contribution >= 4 is 25.3 Å². The first kappa shape index (κ1) is 19.9. The SMILES string of the molecule is CC1(C)[C@@H]2C[C@H]3OB(C(N)CCC(=O)c4ccccc4)O[C@@]3(C)[C@H]1C2.Cl. The van der Waals surface area contributed by atoms with Crippen LogP contribution in [-0.4, -0.2) is 30.5 Å². The maximum absolute atomic E-state index is 12.3. The summed E-state index contributed by atoms with van der Waals surface area (Å²) in [7, 11) is -0.395. The summed E-state index contributed by atoms with van der Waals surface area (Å²) in [5.74, 6) is 1.12. The van der Waals surface area contributed by atoms with E-state index in [9.17, 15) is 4.79 Å². The van der Waals surface area contributed by atoms with Gasteiger partial charge in [0.15, 0.2) is 5.78 Å². The van der Waals surface area contributed by atoms with E-state index in [1.165, 1.54) is 6.42 Å². The Labute approximate surface area is 162 Å². The molecule has 2 N–H and O–H groups in total. The molecule has 0 spiro atoms. The third kappa shape index (κ3) is 3.03. The molecule has 142 valence electrons. The molecule has 1 aromatic rings. The van der Waals surface area contributed by atoms with Crippen LogP contribution in [0, 0.1) is 17.3 Å². The highest BCUT2D eigenvalue weighted by Gasteiger charge is 2.68. The zero-order chi connectivity index (χ0) is 17.8. The second-order valence-corrected chi connectivity index (χ2v) is 8.83. The van der Waals surface area contributed by atoms with Crippen LogP contribution in [0.1, 0.15) is 56.8 Å². The van der Waals surface area contributed by atoms with Crippen molar-refractivity contribution in [1.29, 1.82) is 0 Å². The first-order chi connectivity index (χ1) is 11.8. The zero-order valence-electron chi connectivity index (χ0n) is 15.8. The first-order valence-electron chi connectivity index (χ1n) is 9.49. The van der Waals surface area contributed by atoms with Crippen LogP contribution in [0.15, 0.2) is 30.3 Å². The Hall–Kier alpha value is -0.875. The third-order valence-electron chi connectivity index (χ3n) is 7.12. The summed E-state index contributed by atoms with van der Waals surface area (Å²) in [5.41, 5.74) is 7.18. The highest BCUT2D eigenvalue weighted by atomic mass is 35.5. The topological polar surface area (TPSA) is 61.5 Å². The number of nitrogens with two attached hydrogens (primary N) is 1. The molecule has 0 amide bonds. The van der Waals surface area contributed by atoms with Crippen molar-refractivity contribution in [1.82, 2.24) is 0 Å². The Kier molecular flexibility index (Phi) is 5.30. The number of carbonyl (C=O) groups excluding carboxylic acids is 1. The van der Waals surface area contributed by atoms with Gasteiger partial charge in [0.1, 0.15) is 0 Å². The van der Waals surface area contributed by atoms with Gasteiger partial charge in [-0.05, 0) is 43.4 Å². The van der Waals surface area contributed by atoms with Crippen LogP contribution >= 0.6 is 12.4 Å². The van der Waals surface area contributed by atoms with E-state index < -0.39 is 7.12 Å². The third-order valence-corrected chi connectivity index (χ3v) is 7.12. The minimum Gasteiger partial charge on any atom is -0.404 e. The van der Waals surface area contributed by atoms with Gasteiger partial charge in [0, 0.05) is 17.9 Å².